The van der Waals surface area contributed by atoms with Gasteiger partial charge in [-0.3, -0.25) is 9.59 Å². The fourth-order valence-electron chi connectivity index (χ4n) is 0.663. The molecule has 0 saturated carbocycles. The van der Waals surface area contributed by atoms with Crippen LogP contribution in [0.25, 0.3) is 0 Å². The highest BCUT2D eigenvalue weighted by atomic mass is 16.5. The van der Waals surface area contributed by atoms with Crippen molar-refractivity contribution in [2.24, 2.45) is 0 Å². The third-order valence-corrected chi connectivity index (χ3v) is 1.98. The number of ether oxygens (including phenoxy) is 1. The Kier molecular flexibility index (Phi) is 5.38. The molecule has 0 spiro atoms. The minimum atomic E-state index is -0.871. The molecule has 82 valence electrons. The maximum atomic E-state index is 11.1. The summed E-state index contributed by atoms with van der Waals surface area (Å²) in [6, 6.07) is 0. The Bertz CT molecular complexity index is 211. The summed E-state index contributed by atoms with van der Waals surface area (Å²) in [5.41, 5.74) is -0.871. The lowest BCUT2D eigenvalue weighted by Crippen LogP contribution is -2.38. The van der Waals surface area contributed by atoms with Gasteiger partial charge in [0.2, 0.25) is 5.91 Å². The van der Waals surface area contributed by atoms with Gasteiger partial charge in [0.1, 0.15) is 12.2 Å². The SMILES string of the molecule is CCCNC(=O)COC(C)(C)C(C)=O. The Morgan fingerprint density at radius 3 is 2.36 bits per heavy atom. The number of hydrogen-bond acceptors (Lipinski definition) is 3. The van der Waals surface area contributed by atoms with Gasteiger partial charge in [0.05, 0.1) is 0 Å². The van der Waals surface area contributed by atoms with Gasteiger partial charge in [-0.25, -0.2) is 0 Å². The van der Waals surface area contributed by atoms with Crippen molar-refractivity contribution in [1.82, 2.24) is 5.32 Å². The number of nitrogens with one attached hydrogen (secondary N) is 1. The van der Waals surface area contributed by atoms with Crippen molar-refractivity contribution in [3.05, 3.63) is 0 Å². The summed E-state index contributed by atoms with van der Waals surface area (Å²) in [7, 11) is 0. The zero-order chi connectivity index (χ0) is 11.2. The molecule has 14 heavy (non-hydrogen) atoms. The van der Waals surface area contributed by atoms with Crippen LogP contribution in [0.15, 0.2) is 0 Å². The molecule has 0 atom stereocenters. The van der Waals surface area contributed by atoms with E-state index in [2.05, 4.69) is 5.32 Å². The lowest BCUT2D eigenvalue weighted by Gasteiger charge is -2.21. The third-order valence-electron chi connectivity index (χ3n) is 1.98. The first-order valence-electron chi connectivity index (χ1n) is 4.82. The van der Waals surface area contributed by atoms with Crippen molar-refractivity contribution in [1.29, 1.82) is 0 Å². The number of Topliss-reactive ketones (excluding diaryl/α,β-unsaturated/α-hetero) is 1. The summed E-state index contributed by atoms with van der Waals surface area (Å²) in [4.78, 5) is 22.2. The summed E-state index contributed by atoms with van der Waals surface area (Å²) >= 11 is 0. The number of amides is 1. The molecular weight excluding hydrogens is 182 g/mol. The van der Waals surface area contributed by atoms with Gasteiger partial charge in [-0.1, -0.05) is 6.92 Å². The van der Waals surface area contributed by atoms with Gasteiger partial charge >= 0.3 is 0 Å². The van der Waals surface area contributed by atoms with Crippen LogP contribution >= 0.6 is 0 Å². The predicted octanol–water partition coefficient (Wildman–Crippen LogP) is 0.897. The van der Waals surface area contributed by atoms with Crippen LogP contribution in [0, 0.1) is 0 Å². The summed E-state index contributed by atoms with van der Waals surface area (Å²) in [5.74, 6) is -0.262. The second kappa shape index (κ2) is 5.75. The van der Waals surface area contributed by atoms with Crippen molar-refractivity contribution in [3.8, 4) is 0 Å². The molecule has 1 amide bonds. The number of ketones is 1. The summed E-state index contributed by atoms with van der Waals surface area (Å²) in [6.07, 6.45) is 0.891. The Labute approximate surface area is 85.0 Å². The summed E-state index contributed by atoms with van der Waals surface area (Å²) < 4.78 is 5.19. The van der Waals surface area contributed by atoms with Crippen molar-refractivity contribution >= 4 is 11.7 Å². The van der Waals surface area contributed by atoms with E-state index in [1.54, 1.807) is 13.8 Å². The van der Waals surface area contributed by atoms with E-state index in [1.807, 2.05) is 6.92 Å². The average molecular weight is 201 g/mol. The fraction of sp³-hybridized carbons (Fsp3) is 0.800. The van der Waals surface area contributed by atoms with Gasteiger partial charge < -0.3 is 10.1 Å². The minimum absolute atomic E-state index is 0.0629. The molecule has 0 radical (unpaired) electrons. The second-order valence-electron chi connectivity index (χ2n) is 3.71. The van der Waals surface area contributed by atoms with Gasteiger partial charge in [0.15, 0.2) is 5.78 Å². The van der Waals surface area contributed by atoms with E-state index in [1.165, 1.54) is 6.92 Å². The summed E-state index contributed by atoms with van der Waals surface area (Å²) in [6.45, 7) is 7.31. The van der Waals surface area contributed by atoms with Crippen LogP contribution in [0.5, 0.6) is 0 Å². The number of carbonyl (C=O) groups is 2. The number of hydrogen-bond donors (Lipinski definition) is 1. The topological polar surface area (TPSA) is 55.4 Å². The molecule has 0 rings (SSSR count). The Morgan fingerprint density at radius 1 is 1.36 bits per heavy atom. The molecule has 4 heteroatoms. The first-order chi connectivity index (χ1) is 6.40. The quantitative estimate of drug-likeness (QED) is 0.694. The van der Waals surface area contributed by atoms with Crippen molar-refractivity contribution in [2.45, 2.75) is 39.7 Å². The van der Waals surface area contributed by atoms with Crippen LogP contribution in [-0.4, -0.2) is 30.4 Å². The molecular formula is C10H19NO3. The molecule has 0 aromatic rings. The number of rotatable bonds is 6. The highest BCUT2D eigenvalue weighted by Crippen LogP contribution is 2.09. The molecule has 0 fully saturated rings. The molecule has 0 saturated heterocycles. The zero-order valence-corrected chi connectivity index (χ0v) is 9.35. The molecule has 0 aliphatic rings. The zero-order valence-electron chi connectivity index (χ0n) is 9.35. The fourth-order valence-corrected chi connectivity index (χ4v) is 0.663. The van der Waals surface area contributed by atoms with Gasteiger partial charge in [0, 0.05) is 6.54 Å². The van der Waals surface area contributed by atoms with Crippen LogP contribution in [0.4, 0.5) is 0 Å². The first-order valence-corrected chi connectivity index (χ1v) is 4.82. The van der Waals surface area contributed by atoms with E-state index in [9.17, 15) is 9.59 Å². The average Bonchev–Trinajstić information content (AvgIpc) is 2.11. The van der Waals surface area contributed by atoms with Gasteiger partial charge in [-0.15, -0.1) is 0 Å². The van der Waals surface area contributed by atoms with E-state index in [0.717, 1.165) is 6.42 Å². The molecule has 1 N–H and O–H groups in total. The molecule has 0 aliphatic carbocycles. The molecule has 0 unspecified atom stereocenters. The second-order valence-corrected chi connectivity index (χ2v) is 3.71. The van der Waals surface area contributed by atoms with E-state index in [0.29, 0.717) is 6.54 Å². The summed E-state index contributed by atoms with van der Waals surface area (Å²) in [5, 5.41) is 2.67. The van der Waals surface area contributed by atoms with E-state index >= 15 is 0 Å². The van der Waals surface area contributed by atoms with E-state index in [4.69, 9.17) is 4.74 Å². The Morgan fingerprint density at radius 2 is 1.93 bits per heavy atom. The van der Waals surface area contributed by atoms with Gasteiger partial charge in [0.25, 0.3) is 0 Å². The van der Waals surface area contributed by atoms with Gasteiger partial charge in [-0.2, -0.15) is 0 Å². The van der Waals surface area contributed by atoms with Gasteiger partial charge in [-0.05, 0) is 27.2 Å². The highest BCUT2D eigenvalue weighted by molar-refractivity contribution is 5.84. The standard InChI is InChI=1S/C10H19NO3/c1-5-6-11-9(13)7-14-10(3,4)8(2)12/h5-7H2,1-4H3,(H,11,13). The van der Waals surface area contributed by atoms with Crippen molar-refractivity contribution in [2.75, 3.05) is 13.2 Å². The first kappa shape index (κ1) is 13.1. The molecule has 4 nitrogen and oxygen atoms in total. The monoisotopic (exact) mass is 201 g/mol. The maximum Gasteiger partial charge on any atom is 0.246 e. The molecule has 0 bridgehead atoms. The Balaban J connectivity index is 3.82. The normalized spacial score (nSPS) is 11.1. The van der Waals surface area contributed by atoms with Crippen LogP contribution in [-0.2, 0) is 14.3 Å². The van der Waals surface area contributed by atoms with Crippen LogP contribution in [0.3, 0.4) is 0 Å². The van der Waals surface area contributed by atoms with Crippen LogP contribution in [0.1, 0.15) is 34.1 Å². The molecule has 0 aromatic heterocycles. The third kappa shape index (κ3) is 4.97. The van der Waals surface area contributed by atoms with Crippen molar-refractivity contribution < 1.29 is 14.3 Å². The lowest BCUT2D eigenvalue weighted by molar-refractivity contribution is -0.144. The van der Waals surface area contributed by atoms with E-state index < -0.39 is 5.60 Å². The molecule has 0 aromatic carbocycles. The lowest BCUT2D eigenvalue weighted by atomic mass is 10.1. The van der Waals surface area contributed by atoms with Crippen LogP contribution < -0.4 is 5.32 Å². The predicted molar refractivity (Wildman–Crippen MR) is 54.0 cm³/mol. The molecule has 0 aliphatic heterocycles. The van der Waals surface area contributed by atoms with Crippen LogP contribution in [0.2, 0.25) is 0 Å². The minimum Gasteiger partial charge on any atom is -0.358 e. The number of carbonyl (C=O) groups excluding carboxylic acids is 2. The Hall–Kier alpha value is -0.900. The highest BCUT2D eigenvalue weighted by Gasteiger charge is 2.24. The van der Waals surface area contributed by atoms with E-state index in [-0.39, 0.29) is 18.3 Å². The smallest absolute Gasteiger partial charge is 0.246 e. The largest absolute Gasteiger partial charge is 0.358 e. The van der Waals surface area contributed by atoms with Crippen molar-refractivity contribution in [3.63, 3.8) is 0 Å². The molecule has 0 heterocycles. The maximum absolute atomic E-state index is 11.1.